The zero-order valence-electron chi connectivity index (χ0n) is 11.0. The molecule has 8 heteroatoms. The highest BCUT2D eigenvalue weighted by Gasteiger charge is 2.33. The van der Waals surface area contributed by atoms with Gasteiger partial charge in [-0.3, -0.25) is 0 Å². The van der Waals surface area contributed by atoms with Crippen molar-refractivity contribution in [1.82, 2.24) is 9.88 Å². The maximum absolute atomic E-state index is 12.2. The average molecular weight is 290 g/mol. The van der Waals surface area contributed by atoms with Crippen molar-refractivity contribution >= 4 is 10.0 Å². The van der Waals surface area contributed by atoms with Gasteiger partial charge in [0.05, 0.1) is 5.60 Å². The van der Waals surface area contributed by atoms with Crippen molar-refractivity contribution in [3.05, 3.63) is 11.5 Å². The lowest BCUT2D eigenvalue weighted by Gasteiger charge is -2.31. The molecule has 2 heterocycles. The summed E-state index contributed by atoms with van der Waals surface area (Å²) in [5, 5.41) is 13.8. The van der Waals surface area contributed by atoms with Gasteiger partial charge in [0.1, 0.15) is 10.6 Å². The van der Waals surface area contributed by atoms with Crippen molar-refractivity contribution in [3.63, 3.8) is 0 Å². The lowest BCUT2D eigenvalue weighted by atomic mass is 9.95. The van der Waals surface area contributed by atoms with Crippen LogP contribution in [0.1, 0.15) is 24.3 Å². The average Bonchev–Trinajstić information content (AvgIpc) is 2.68. The molecule has 2 N–H and O–H groups in total. The highest BCUT2D eigenvalue weighted by Crippen LogP contribution is 2.22. The fraction of sp³-hybridized carbons (Fsp3) is 0.727. The first-order valence-corrected chi connectivity index (χ1v) is 7.55. The predicted molar refractivity (Wildman–Crippen MR) is 66.2 cm³/mol. The molecule has 1 fully saturated rings. The summed E-state index contributed by atoms with van der Waals surface area (Å²) in [6.45, 7) is 3.93. The number of aryl methyl sites for hydroxylation is 2. The summed E-state index contributed by atoms with van der Waals surface area (Å²) in [6, 6.07) is 0. The van der Waals surface area contributed by atoms with Gasteiger partial charge in [0.2, 0.25) is 10.0 Å². The molecule has 1 aromatic rings. The first-order chi connectivity index (χ1) is 8.84. The van der Waals surface area contributed by atoms with Crippen LogP contribution in [0, 0.1) is 13.8 Å². The van der Waals surface area contributed by atoms with Gasteiger partial charge in [-0.25, -0.2) is 13.1 Å². The van der Waals surface area contributed by atoms with Crippen molar-refractivity contribution in [2.75, 3.05) is 19.8 Å². The van der Waals surface area contributed by atoms with E-state index in [4.69, 9.17) is 9.26 Å². The van der Waals surface area contributed by atoms with Gasteiger partial charge >= 0.3 is 0 Å². The van der Waals surface area contributed by atoms with Crippen molar-refractivity contribution in [3.8, 4) is 0 Å². The molecule has 0 saturated carbocycles. The Bertz CT molecular complexity index is 526. The lowest BCUT2D eigenvalue weighted by Crippen LogP contribution is -2.46. The molecule has 1 saturated heterocycles. The molecule has 0 unspecified atom stereocenters. The van der Waals surface area contributed by atoms with Crippen LogP contribution < -0.4 is 4.72 Å². The molecule has 1 aromatic heterocycles. The Morgan fingerprint density at radius 2 is 2.00 bits per heavy atom. The normalized spacial score (nSPS) is 19.5. The Hall–Kier alpha value is -0.960. The maximum Gasteiger partial charge on any atom is 0.246 e. The van der Waals surface area contributed by atoms with Gasteiger partial charge in [-0.05, 0) is 13.8 Å². The number of nitrogens with zero attached hydrogens (tertiary/aromatic N) is 1. The first-order valence-electron chi connectivity index (χ1n) is 6.07. The van der Waals surface area contributed by atoms with Gasteiger partial charge in [0.15, 0.2) is 5.76 Å². The van der Waals surface area contributed by atoms with Gasteiger partial charge in [0.25, 0.3) is 0 Å². The molecule has 1 aliphatic heterocycles. The van der Waals surface area contributed by atoms with Gasteiger partial charge in [0, 0.05) is 32.6 Å². The van der Waals surface area contributed by atoms with E-state index in [-0.39, 0.29) is 17.2 Å². The highest BCUT2D eigenvalue weighted by atomic mass is 32.2. The number of nitrogens with one attached hydrogen (secondary N) is 1. The second-order valence-electron chi connectivity index (χ2n) is 4.81. The largest absolute Gasteiger partial charge is 0.388 e. The molecular weight excluding hydrogens is 272 g/mol. The van der Waals surface area contributed by atoms with E-state index in [9.17, 15) is 13.5 Å². The van der Waals surface area contributed by atoms with Crippen LogP contribution in [0.2, 0.25) is 0 Å². The number of hydrogen-bond acceptors (Lipinski definition) is 6. The topological polar surface area (TPSA) is 102 Å². The van der Waals surface area contributed by atoms with Crippen LogP contribution in [0.5, 0.6) is 0 Å². The minimum Gasteiger partial charge on any atom is -0.388 e. The lowest BCUT2D eigenvalue weighted by molar-refractivity contribution is -0.0588. The Morgan fingerprint density at radius 3 is 2.53 bits per heavy atom. The van der Waals surface area contributed by atoms with Crippen LogP contribution in [0.4, 0.5) is 0 Å². The number of ether oxygens (including phenoxy) is 1. The van der Waals surface area contributed by atoms with Crippen LogP contribution in [0.3, 0.4) is 0 Å². The molecule has 0 bridgehead atoms. The van der Waals surface area contributed by atoms with E-state index in [0.29, 0.717) is 31.7 Å². The molecule has 0 amide bonds. The monoisotopic (exact) mass is 290 g/mol. The van der Waals surface area contributed by atoms with E-state index in [1.165, 1.54) is 6.92 Å². The van der Waals surface area contributed by atoms with Crippen LogP contribution in [0.25, 0.3) is 0 Å². The summed E-state index contributed by atoms with van der Waals surface area (Å²) in [5.41, 5.74) is -0.742. The quantitative estimate of drug-likeness (QED) is 0.816. The molecule has 19 heavy (non-hydrogen) atoms. The summed E-state index contributed by atoms with van der Waals surface area (Å²) in [4.78, 5) is 0.0446. The number of aliphatic hydroxyl groups is 1. The van der Waals surface area contributed by atoms with E-state index in [1.807, 2.05) is 0 Å². The van der Waals surface area contributed by atoms with Crippen molar-refractivity contribution in [2.45, 2.75) is 37.2 Å². The second kappa shape index (κ2) is 5.20. The van der Waals surface area contributed by atoms with Gasteiger partial charge < -0.3 is 14.4 Å². The Labute approximate surface area is 112 Å². The smallest absolute Gasteiger partial charge is 0.246 e. The molecule has 0 radical (unpaired) electrons. The third-order valence-electron chi connectivity index (χ3n) is 3.25. The molecule has 0 aliphatic carbocycles. The Morgan fingerprint density at radius 1 is 1.37 bits per heavy atom. The van der Waals surface area contributed by atoms with E-state index >= 15 is 0 Å². The number of aromatic nitrogens is 1. The standard InChI is InChI=1S/C11H18N2O5S/c1-8-10(9(2)18-13-8)19(15,16)12-7-11(14)3-5-17-6-4-11/h12,14H,3-7H2,1-2H3. The van der Waals surface area contributed by atoms with Crippen LogP contribution in [-0.2, 0) is 14.8 Å². The molecular formula is C11H18N2O5S. The molecule has 0 atom stereocenters. The van der Waals surface area contributed by atoms with E-state index < -0.39 is 15.6 Å². The van der Waals surface area contributed by atoms with E-state index in [0.717, 1.165) is 0 Å². The fourth-order valence-corrected chi connectivity index (χ4v) is 3.53. The Kier molecular flexibility index (Phi) is 3.95. The van der Waals surface area contributed by atoms with Crippen LogP contribution in [-0.4, -0.2) is 44.0 Å². The molecule has 0 spiro atoms. The first kappa shape index (κ1) is 14.4. The fourth-order valence-electron chi connectivity index (χ4n) is 2.09. The third-order valence-corrected chi connectivity index (χ3v) is 4.90. The summed E-state index contributed by atoms with van der Waals surface area (Å²) < 4.78 is 36.7. The van der Waals surface area contributed by atoms with Crippen molar-refractivity contribution < 1.29 is 22.8 Å². The predicted octanol–water partition coefficient (Wildman–Crippen LogP) is 0.111. The van der Waals surface area contributed by atoms with Crippen molar-refractivity contribution in [1.29, 1.82) is 0 Å². The minimum atomic E-state index is -3.72. The van der Waals surface area contributed by atoms with Crippen LogP contribution >= 0.6 is 0 Å². The van der Waals surface area contributed by atoms with Crippen molar-refractivity contribution in [2.24, 2.45) is 0 Å². The summed E-state index contributed by atoms with van der Waals surface area (Å²) in [5.74, 6) is 0.240. The number of rotatable bonds is 4. The number of hydrogen-bond donors (Lipinski definition) is 2. The summed E-state index contributed by atoms with van der Waals surface area (Å²) in [7, 11) is -3.72. The van der Waals surface area contributed by atoms with Gasteiger partial charge in [-0.1, -0.05) is 5.16 Å². The minimum absolute atomic E-state index is 0.0389. The second-order valence-corrected chi connectivity index (χ2v) is 6.52. The molecule has 2 rings (SSSR count). The molecule has 0 aromatic carbocycles. The van der Waals surface area contributed by atoms with E-state index in [1.54, 1.807) is 6.92 Å². The summed E-state index contributed by atoms with van der Waals surface area (Å²) >= 11 is 0. The SMILES string of the molecule is Cc1noc(C)c1S(=O)(=O)NCC1(O)CCOCC1. The third kappa shape index (κ3) is 3.14. The molecule has 108 valence electrons. The zero-order valence-corrected chi connectivity index (χ0v) is 11.8. The van der Waals surface area contributed by atoms with Gasteiger partial charge in [-0.15, -0.1) is 0 Å². The zero-order chi connectivity index (χ0) is 14.1. The van der Waals surface area contributed by atoms with Gasteiger partial charge in [-0.2, -0.15) is 0 Å². The van der Waals surface area contributed by atoms with E-state index in [2.05, 4.69) is 9.88 Å². The Balaban J connectivity index is 2.10. The van der Waals surface area contributed by atoms with Crippen LogP contribution in [0.15, 0.2) is 9.42 Å². The molecule has 7 nitrogen and oxygen atoms in total. The number of sulfonamides is 1. The maximum atomic E-state index is 12.2. The molecule has 1 aliphatic rings. The summed E-state index contributed by atoms with van der Waals surface area (Å²) in [6.07, 6.45) is 0.828. The highest BCUT2D eigenvalue weighted by molar-refractivity contribution is 7.89.